The second kappa shape index (κ2) is 7.51. The Hall–Kier alpha value is -1.62. The monoisotopic (exact) mass is 400 g/mol. The molecule has 132 valence electrons. The summed E-state index contributed by atoms with van der Waals surface area (Å²) in [5.41, 5.74) is -0.989. The van der Waals surface area contributed by atoms with Crippen LogP contribution in [0.3, 0.4) is 0 Å². The van der Waals surface area contributed by atoms with Crippen LogP contribution in [0.2, 0.25) is 0 Å². The molecule has 0 saturated carbocycles. The standard InChI is InChI=1S/C13H10F3NO4S2.ClH/c14-13(15,16)17(11-8-4-5-9-12(11)22(18)19)23(20,21)10-6-2-1-3-7-10;/h1-9H,(H,18,19);1H/p-1. The molecule has 0 bridgehead atoms. The first kappa shape index (κ1) is 20.4. The zero-order valence-electron chi connectivity index (χ0n) is 11.6. The summed E-state index contributed by atoms with van der Waals surface area (Å²) in [6.45, 7) is 0. The molecular weight excluding hydrogens is 391 g/mol. The molecular formula is C13H10ClF3NO4S2-. The Morgan fingerprint density at radius 1 is 0.958 bits per heavy atom. The van der Waals surface area contributed by atoms with Gasteiger partial charge in [-0.05, 0) is 35.3 Å². The van der Waals surface area contributed by atoms with Gasteiger partial charge in [-0.15, -0.1) is 25.6 Å². The molecule has 0 spiro atoms. The van der Waals surface area contributed by atoms with Gasteiger partial charge in [0.2, 0.25) is 0 Å². The normalized spacial score (nSPS) is 13.0. The lowest BCUT2D eigenvalue weighted by Crippen LogP contribution is -2.43. The lowest BCUT2D eigenvalue weighted by atomic mass is 10.3. The van der Waals surface area contributed by atoms with Gasteiger partial charge in [0.25, 0.3) is 10.0 Å². The van der Waals surface area contributed by atoms with Gasteiger partial charge in [-0.25, -0.2) is 8.42 Å². The maximum absolute atomic E-state index is 13.4. The molecule has 5 nitrogen and oxygen atoms in total. The number of sulfonamides is 1. The summed E-state index contributed by atoms with van der Waals surface area (Å²) < 4.78 is 86.3. The molecule has 2 rings (SSSR count). The van der Waals surface area contributed by atoms with Crippen LogP contribution in [-0.4, -0.2) is 23.5 Å². The van der Waals surface area contributed by atoms with E-state index in [1.165, 1.54) is 24.3 Å². The van der Waals surface area contributed by atoms with Crippen LogP contribution in [0.25, 0.3) is 0 Å². The minimum Gasteiger partial charge on any atom is -0.768 e. The van der Waals surface area contributed by atoms with Crippen molar-refractivity contribution < 1.29 is 30.4 Å². The van der Waals surface area contributed by atoms with Gasteiger partial charge < -0.3 is 4.55 Å². The molecule has 0 radical (unpaired) electrons. The number of para-hydroxylation sites is 1. The van der Waals surface area contributed by atoms with E-state index in [-0.39, 0.29) is 12.4 Å². The maximum Gasteiger partial charge on any atom is 0.498 e. The first-order valence-electron chi connectivity index (χ1n) is 6.01. The molecule has 0 N–H and O–H groups in total. The van der Waals surface area contributed by atoms with Crippen molar-refractivity contribution in [1.29, 1.82) is 0 Å². The smallest absolute Gasteiger partial charge is 0.498 e. The SMILES string of the molecule is Cl.O=S([O-])c1ccccc1N(C(F)(F)F)S(=O)(=O)c1ccccc1. The van der Waals surface area contributed by atoms with Gasteiger partial charge in [0.1, 0.15) is 0 Å². The molecule has 24 heavy (non-hydrogen) atoms. The van der Waals surface area contributed by atoms with Crippen LogP contribution in [0.4, 0.5) is 18.9 Å². The van der Waals surface area contributed by atoms with E-state index in [4.69, 9.17) is 0 Å². The van der Waals surface area contributed by atoms with Crippen molar-refractivity contribution in [3.63, 3.8) is 0 Å². The molecule has 11 heteroatoms. The molecule has 1 unspecified atom stereocenters. The fraction of sp³-hybridized carbons (Fsp3) is 0.0769. The number of hydrogen-bond donors (Lipinski definition) is 0. The molecule has 0 amide bonds. The summed E-state index contributed by atoms with van der Waals surface area (Å²) in [7, 11) is -5.03. The highest BCUT2D eigenvalue weighted by Crippen LogP contribution is 2.37. The third-order valence-corrected chi connectivity index (χ3v) is 5.23. The average molecular weight is 401 g/mol. The van der Waals surface area contributed by atoms with Gasteiger partial charge in [-0.2, -0.15) is 4.31 Å². The molecule has 0 heterocycles. The lowest BCUT2D eigenvalue weighted by molar-refractivity contribution is -0.116. The van der Waals surface area contributed by atoms with Gasteiger partial charge in [-0.1, -0.05) is 30.3 Å². The highest BCUT2D eigenvalue weighted by molar-refractivity contribution is 7.93. The van der Waals surface area contributed by atoms with Crippen molar-refractivity contribution in [2.24, 2.45) is 0 Å². The molecule has 0 saturated heterocycles. The van der Waals surface area contributed by atoms with E-state index < -0.39 is 47.2 Å². The topological polar surface area (TPSA) is 77.5 Å². The van der Waals surface area contributed by atoms with Crippen LogP contribution in [-0.2, 0) is 21.1 Å². The third kappa shape index (κ3) is 4.07. The van der Waals surface area contributed by atoms with Crippen LogP contribution in [0.15, 0.2) is 64.4 Å². The molecule has 0 aliphatic rings. The fourth-order valence-corrected chi connectivity index (χ4v) is 3.85. The van der Waals surface area contributed by atoms with Crippen molar-refractivity contribution in [3.05, 3.63) is 54.6 Å². The van der Waals surface area contributed by atoms with E-state index in [0.29, 0.717) is 0 Å². The number of anilines is 1. The first-order valence-corrected chi connectivity index (χ1v) is 8.52. The molecule has 0 fully saturated rings. The molecule has 1 atom stereocenters. The second-order valence-electron chi connectivity index (χ2n) is 4.25. The van der Waals surface area contributed by atoms with Crippen LogP contribution >= 0.6 is 12.4 Å². The van der Waals surface area contributed by atoms with Gasteiger partial charge in [0, 0.05) is 4.90 Å². The summed E-state index contributed by atoms with van der Waals surface area (Å²) in [4.78, 5) is -1.38. The van der Waals surface area contributed by atoms with E-state index in [1.54, 1.807) is 0 Å². The Morgan fingerprint density at radius 3 is 1.96 bits per heavy atom. The Kier molecular flexibility index (Phi) is 6.39. The predicted octanol–water partition coefficient (Wildman–Crippen LogP) is 3.06. The second-order valence-corrected chi connectivity index (χ2v) is 6.95. The summed E-state index contributed by atoms with van der Waals surface area (Å²) in [5.74, 6) is 0. The van der Waals surface area contributed by atoms with Crippen LogP contribution in [0.1, 0.15) is 0 Å². The van der Waals surface area contributed by atoms with E-state index in [1.807, 2.05) is 0 Å². The summed E-state index contributed by atoms with van der Waals surface area (Å²) in [6, 6.07) is 9.92. The summed E-state index contributed by atoms with van der Waals surface area (Å²) in [6.07, 6.45) is -5.34. The van der Waals surface area contributed by atoms with Crippen molar-refractivity contribution >= 4 is 39.2 Å². The number of benzene rings is 2. The average Bonchev–Trinajstić information content (AvgIpc) is 2.47. The van der Waals surface area contributed by atoms with Gasteiger partial charge >= 0.3 is 6.30 Å². The number of halogens is 4. The largest absolute Gasteiger partial charge is 0.768 e. The van der Waals surface area contributed by atoms with Crippen LogP contribution in [0, 0.1) is 0 Å². The third-order valence-electron chi connectivity index (χ3n) is 2.78. The number of hydrogen-bond acceptors (Lipinski definition) is 4. The van der Waals surface area contributed by atoms with Crippen molar-refractivity contribution in [3.8, 4) is 0 Å². The Labute approximate surface area is 144 Å². The quantitative estimate of drug-likeness (QED) is 0.583. The Morgan fingerprint density at radius 2 is 1.46 bits per heavy atom. The van der Waals surface area contributed by atoms with E-state index in [0.717, 1.165) is 30.3 Å². The molecule has 0 aromatic heterocycles. The van der Waals surface area contributed by atoms with Gasteiger partial charge in [-0.3, -0.25) is 4.21 Å². The minimum atomic E-state index is -5.34. The van der Waals surface area contributed by atoms with E-state index >= 15 is 0 Å². The zero-order valence-corrected chi connectivity index (χ0v) is 14.1. The van der Waals surface area contributed by atoms with Gasteiger partial charge in [0.05, 0.1) is 10.6 Å². The van der Waals surface area contributed by atoms with Gasteiger partial charge in [0.15, 0.2) is 0 Å². The summed E-state index contributed by atoms with van der Waals surface area (Å²) in [5, 5.41) is 0. The number of rotatable bonds is 4. The lowest BCUT2D eigenvalue weighted by Gasteiger charge is -2.28. The van der Waals surface area contributed by atoms with E-state index in [2.05, 4.69) is 0 Å². The van der Waals surface area contributed by atoms with Crippen molar-refractivity contribution in [2.45, 2.75) is 16.1 Å². The van der Waals surface area contributed by atoms with E-state index in [9.17, 15) is 30.4 Å². The van der Waals surface area contributed by atoms with Crippen LogP contribution < -0.4 is 4.31 Å². The minimum absolute atomic E-state index is 0. The zero-order chi connectivity index (χ0) is 17.3. The van der Waals surface area contributed by atoms with Crippen molar-refractivity contribution in [1.82, 2.24) is 0 Å². The fourth-order valence-electron chi connectivity index (χ4n) is 1.87. The Bertz CT molecular complexity index is 829. The van der Waals surface area contributed by atoms with Crippen LogP contribution in [0.5, 0.6) is 0 Å². The molecule has 0 aliphatic heterocycles. The number of nitrogens with zero attached hydrogens (tertiary/aromatic N) is 1. The Balaban J connectivity index is 0.00000288. The molecule has 2 aromatic rings. The highest BCUT2D eigenvalue weighted by atomic mass is 35.5. The predicted molar refractivity (Wildman–Crippen MR) is 83.0 cm³/mol. The molecule has 2 aromatic carbocycles. The highest BCUT2D eigenvalue weighted by Gasteiger charge is 2.47. The van der Waals surface area contributed by atoms with Crippen molar-refractivity contribution in [2.75, 3.05) is 4.31 Å². The number of alkyl halides is 3. The molecule has 0 aliphatic carbocycles. The summed E-state index contributed by atoms with van der Waals surface area (Å²) >= 11 is -3.04. The maximum atomic E-state index is 13.4. The first-order chi connectivity index (χ1) is 10.7.